The van der Waals surface area contributed by atoms with Crippen LogP contribution in [0, 0.1) is 6.92 Å². The van der Waals surface area contributed by atoms with E-state index >= 15 is 0 Å². The predicted octanol–water partition coefficient (Wildman–Crippen LogP) is 6.10. The van der Waals surface area contributed by atoms with Crippen molar-refractivity contribution in [2.45, 2.75) is 38.6 Å². The van der Waals surface area contributed by atoms with Gasteiger partial charge in [0.25, 0.3) is 0 Å². The van der Waals surface area contributed by atoms with Crippen LogP contribution in [-0.2, 0) is 13.2 Å². The fraction of sp³-hybridized carbons (Fsp3) is 0.344. The lowest BCUT2D eigenvalue weighted by molar-refractivity contribution is 0.109. The Morgan fingerprint density at radius 2 is 1.72 bits per heavy atom. The number of halogens is 1. The first kappa shape index (κ1) is 25.6. The van der Waals surface area contributed by atoms with E-state index in [0.717, 1.165) is 59.9 Å². The number of aryl methyl sites for hydroxylation is 1. The van der Waals surface area contributed by atoms with Crippen molar-refractivity contribution in [3.05, 3.63) is 89.6 Å². The molecule has 0 radical (unpaired) electrons. The Morgan fingerprint density at radius 3 is 2.49 bits per heavy atom. The Kier molecular flexibility index (Phi) is 7.35. The van der Waals surface area contributed by atoms with Crippen molar-refractivity contribution < 1.29 is 13.9 Å². The summed E-state index contributed by atoms with van der Waals surface area (Å²) >= 11 is 0. The number of nitrogens with one attached hydrogen (secondary N) is 1. The predicted molar refractivity (Wildman–Crippen MR) is 154 cm³/mol. The van der Waals surface area contributed by atoms with Crippen LogP contribution in [0.15, 0.2) is 72.8 Å². The maximum absolute atomic E-state index is 13.7. The van der Waals surface area contributed by atoms with Crippen molar-refractivity contribution in [1.82, 2.24) is 14.8 Å². The second-order valence-electron chi connectivity index (χ2n) is 10.6. The van der Waals surface area contributed by atoms with Gasteiger partial charge in [0.05, 0.1) is 12.6 Å². The van der Waals surface area contributed by atoms with Crippen molar-refractivity contribution in [2.75, 3.05) is 38.7 Å². The van der Waals surface area contributed by atoms with Crippen LogP contribution in [0.3, 0.4) is 0 Å². The number of hydrogen-bond donors (Lipinski definition) is 1. The van der Waals surface area contributed by atoms with Gasteiger partial charge in [-0.2, -0.15) is 0 Å². The molecule has 3 heterocycles. The van der Waals surface area contributed by atoms with E-state index in [9.17, 15) is 4.39 Å². The number of fused-ring (bicyclic) bond motifs is 3. The summed E-state index contributed by atoms with van der Waals surface area (Å²) in [5, 5.41) is 4.51. The fourth-order valence-electron chi connectivity index (χ4n) is 6.01. The lowest BCUT2D eigenvalue weighted by Gasteiger charge is -2.34. The van der Waals surface area contributed by atoms with E-state index in [1.165, 1.54) is 12.0 Å². The summed E-state index contributed by atoms with van der Waals surface area (Å²) in [5.41, 5.74) is 5.54. The summed E-state index contributed by atoms with van der Waals surface area (Å²) in [6.07, 6.45) is 1.21. The van der Waals surface area contributed by atoms with Crippen molar-refractivity contribution in [2.24, 2.45) is 0 Å². The van der Waals surface area contributed by atoms with Crippen LogP contribution in [0.5, 0.6) is 11.5 Å². The number of nitrogens with zero attached hydrogens (tertiary/aromatic N) is 3. The van der Waals surface area contributed by atoms with E-state index < -0.39 is 6.67 Å². The molecular formula is C32H35FN4O2. The molecule has 2 saturated heterocycles. The van der Waals surface area contributed by atoms with Gasteiger partial charge < -0.3 is 14.8 Å². The number of methoxy groups -OCH3 is 1. The third-order valence-electron chi connectivity index (χ3n) is 7.90. The van der Waals surface area contributed by atoms with Gasteiger partial charge in [0, 0.05) is 66.8 Å². The summed E-state index contributed by atoms with van der Waals surface area (Å²) in [6.45, 7) is 6.02. The molecule has 202 valence electrons. The molecule has 6 rings (SSSR count). The van der Waals surface area contributed by atoms with E-state index in [4.69, 9.17) is 9.47 Å². The largest absolute Gasteiger partial charge is 0.497 e. The van der Waals surface area contributed by atoms with Gasteiger partial charge in [-0.1, -0.05) is 30.3 Å². The summed E-state index contributed by atoms with van der Waals surface area (Å²) in [6, 6.07) is 25.2. The Bertz CT molecular complexity index is 1440. The zero-order valence-corrected chi connectivity index (χ0v) is 22.6. The second kappa shape index (κ2) is 11.2. The lowest BCUT2D eigenvalue weighted by atomic mass is 10.1. The molecule has 2 fully saturated rings. The number of aromatic nitrogens is 1. The number of para-hydroxylation sites is 1. The number of likely N-dealkylation sites (tertiary alicyclic amines) is 2. The highest BCUT2D eigenvalue weighted by atomic mass is 19.1. The molecule has 0 aliphatic carbocycles. The first-order valence-corrected chi connectivity index (χ1v) is 13.6. The third kappa shape index (κ3) is 5.70. The molecule has 6 nitrogen and oxygen atoms in total. The van der Waals surface area contributed by atoms with Crippen LogP contribution in [0.4, 0.5) is 15.8 Å². The zero-order valence-electron chi connectivity index (χ0n) is 22.6. The molecule has 3 aromatic carbocycles. The molecular weight excluding hydrogens is 491 g/mol. The van der Waals surface area contributed by atoms with Gasteiger partial charge in [-0.3, -0.25) is 14.8 Å². The van der Waals surface area contributed by atoms with Gasteiger partial charge in [-0.05, 0) is 60.9 Å². The highest BCUT2D eigenvalue weighted by Gasteiger charge is 2.42. The maximum atomic E-state index is 13.7. The second-order valence-corrected chi connectivity index (χ2v) is 10.6. The zero-order chi connectivity index (χ0) is 26.8. The van der Waals surface area contributed by atoms with E-state index in [-0.39, 0.29) is 0 Å². The number of rotatable bonds is 10. The molecule has 39 heavy (non-hydrogen) atoms. The average molecular weight is 527 g/mol. The number of alkyl halides is 1. The standard InChI is InChI=1S/C32H35FN4O2/c1-22-13-32(30-5-3-4-6-31(30)34-22)35-25-14-24(18-33)15-29(16-25)39-12-11-36-20-27-17-26(36)21-37(27)19-23-7-9-28(38-2)10-8-23/h3-10,13-16,26-27H,11-12,17-21H2,1-2H3,(H,34,35)/t26-,27-/m0/s1. The Balaban J connectivity index is 1.05. The smallest absolute Gasteiger partial charge is 0.121 e. The molecule has 2 aliphatic rings. The minimum absolute atomic E-state index is 0.540. The highest BCUT2D eigenvalue weighted by Crippen LogP contribution is 2.33. The summed E-state index contributed by atoms with van der Waals surface area (Å²) in [4.78, 5) is 9.75. The van der Waals surface area contributed by atoms with Crippen LogP contribution >= 0.6 is 0 Å². The molecule has 0 spiro atoms. The molecule has 0 saturated carbocycles. The van der Waals surface area contributed by atoms with Gasteiger partial charge in [0.2, 0.25) is 0 Å². The first-order chi connectivity index (χ1) is 19.1. The monoisotopic (exact) mass is 526 g/mol. The average Bonchev–Trinajstić information content (AvgIpc) is 3.53. The molecule has 2 bridgehead atoms. The van der Waals surface area contributed by atoms with Crippen LogP contribution in [0.25, 0.3) is 10.9 Å². The number of benzene rings is 3. The number of hydrogen-bond acceptors (Lipinski definition) is 6. The van der Waals surface area contributed by atoms with Gasteiger partial charge in [-0.25, -0.2) is 4.39 Å². The van der Waals surface area contributed by atoms with E-state index in [1.807, 2.05) is 61.5 Å². The fourth-order valence-corrected chi connectivity index (χ4v) is 6.01. The summed E-state index contributed by atoms with van der Waals surface area (Å²) < 4.78 is 25.2. The topological polar surface area (TPSA) is 49.9 Å². The Hall–Kier alpha value is -3.68. The van der Waals surface area contributed by atoms with Crippen molar-refractivity contribution in [3.63, 3.8) is 0 Å². The molecule has 0 amide bonds. The molecule has 1 aromatic heterocycles. The van der Waals surface area contributed by atoms with Gasteiger partial charge in [0.15, 0.2) is 0 Å². The number of ether oxygens (including phenoxy) is 2. The highest BCUT2D eigenvalue weighted by molar-refractivity contribution is 5.93. The van der Waals surface area contributed by atoms with Gasteiger partial charge in [-0.15, -0.1) is 0 Å². The van der Waals surface area contributed by atoms with Crippen LogP contribution in [0.1, 0.15) is 23.2 Å². The number of piperazine rings is 1. The molecule has 1 N–H and O–H groups in total. The minimum Gasteiger partial charge on any atom is -0.497 e. The molecule has 2 atom stereocenters. The molecule has 2 aliphatic heterocycles. The quantitative estimate of drug-likeness (QED) is 0.269. The van der Waals surface area contributed by atoms with E-state index in [0.29, 0.717) is 30.0 Å². The molecule has 7 heteroatoms. The number of pyridine rings is 1. The SMILES string of the molecule is COc1ccc(CN2C[C@@H]3C[C@H]2CN3CCOc2cc(CF)cc(Nc3cc(C)nc4ccccc34)c2)cc1. The molecule has 0 unspecified atom stereocenters. The Morgan fingerprint density at radius 1 is 0.923 bits per heavy atom. The van der Waals surface area contributed by atoms with Crippen LogP contribution < -0.4 is 14.8 Å². The van der Waals surface area contributed by atoms with Gasteiger partial charge in [0.1, 0.15) is 24.8 Å². The Labute approximate surface area is 229 Å². The molecule has 4 aromatic rings. The summed E-state index contributed by atoms with van der Waals surface area (Å²) in [5.74, 6) is 1.59. The third-order valence-corrected chi connectivity index (χ3v) is 7.90. The van der Waals surface area contributed by atoms with Crippen LogP contribution in [-0.4, -0.2) is 60.2 Å². The van der Waals surface area contributed by atoms with E-state index in [1.54, 1.807) is 13.2 Å². The van der Waals surface area contributed by atoms with E-state index in [2.05, 4.69) is 32.2 Å². The maximum Gasteiger partial charge on any atom is 0.121 e. The van der Waals surface area contributed by atoms with Gasteiger partial charge >= 0.3 is 0 Å². The first-order valence-electron chi connectivity index (χ1n) is 13.6. The number of anilines is 2. The van der Waals surface area contributed by atoms with Crippen molar-refractivity contribution in [3.8, 4) is 11.5 Å². The normalized spacial score (nSPS) is 19.1. The van der Waals surface area contributed by atoms with Crippen LogP contribution in [0.2, 0.25) is 0 Å². The minimum atomic E-state index is -0.540. The summed E-state index contributed by atoms with van der Waals surface area (Å²) in [7, 11) is 1.70. The van der Waals surface area contributed by atoms with Crippen molar-refractivity contribution >= 4 is 22.3 Å². The lowest BCUT2D eigenvalue weighted by Crippen LogP contribution is -2.47. The van der Waals surface area contributed by atoms with Crippen molar-refractivity contribution in [1.29, 1.82) is 0 Å².